The van der Waals surface area contributed by atoms with Crippen LogP contribution >= 0.6 is 0 Å². The van der Waals surface area contributed by atoms with E-state index in [1.165, 1.54) is 54.6 Å². The first-order valence-corrected chi connectivity index (χ1v) is 11.8. The minimum absolute atomic E-state index is 0.0162. The molecule has 0 amide bonds. The lowest BCUT2D eigenvalue weighted by atomic mass is 9.74. The first kappa shape index (κ1) is 20.9. The average molecular weight is 402 g/mol. The van der Waals surface area contributed by atoms with Gasteiger partial charge in [-0.2, -0.15) is 4.58 Å². The smallest absolute Gasteiger partial charge is 0.209 e. The molecule has 0 N–H and O–H groups in total. The number of hydrogen-bond donors (Lipinski definition) is 0. The van der Waals surface area contributed by atoms with Crippen LogP contribution in [0.3, 0.4) is 0 Å². The molecule has 30 heavy (non-hydrogen) atoms. The summed E-state index contributed by atoms with van der Waals surface area (Å²) < 4.78 is 2.66. The van der Waals surface area contributed by atoms with E-state index in [2.05, 4.69) is 97.2 Å². The summed E-state index contributed by atoms with van der Waals surface area (Å²) in [6.07, 6.45) is 12.7. The number of allylic oxidation sites excluding steroid dienone is 1. The van der Waals surface area contributed by atoms with Crippen LogP contribution in [-0.4, -0.2) is 35.3 Å². The summed E-state index contributed by atoms with van der Waals surface area (Å²) in [5.74, 6) is 0.804. The van der Waals surface area contributed by atoms with Gasteiger partial charge in [0.2, 0.25) is 5.69 Å². The van der Waals surface area contributed by atoms with Gasteiger partial charge >= 0.3 is 0 Å². The molecule has 1 saturated carbocycles. The second-order valence-electron chi connectivity index (χ2n) is 9.40. The van der Waals surface area contributed by atoms with Gasteiger partial charge in [0.05, 0.1) is 5.41 Å². The van der Waals surface area contributed by atoms with E-state index in [0.29, 0.717) is 0 Å². The van der Waals surface area contributed by atoms with Crippen molar-refractivity contribution >= 4 is 11.4 Å². The zero-order chi connectivity index (χ0) is 21.0. The van der Waals surface area contributed by atoms with E-state index < -0.39 is 0 Å². The number of nitrogens with zero attached hydrogens (tertiary/aromatic N) is 2. The van der Waals surface area contributed by atoms with Gasteiger partial charge in [0, 0.05) is 43.4 Å². The lowest BCUT2D eigenvalue weighted by molar-refractivity contribution is -0.447. The van der Waals surface area contributed by atoms with Crippen LogP contribution in [0.4, 0.5) is 5.69 Å². The molecule has 0 radical (unpaired) electrons. The molecule has 1 aliphatic heterocycles. The maximum absolute atomic E-state index is 2.66. The Morgan fingerprint density at radius 3 is 2.43 bits per heavy atom. The lowest BCUT2D eigenvalue weighted by Gasteiger charge is -2.23. The number of hydrogen-bond acceptors (Lipinski definition) is 1. The van der Waals surface area contributed by atoms with E-state index in [-0.39, 0.29) is 5.41 Å². The number of benzene rings is 2. The Morgan fingerprint density at radius 1 is 1.00 bits per heavy atom. The van der Waals surface area contributed by atoms with Gasteiger partial charge in [-0.3, -0.25) is 0 Å². The maximum Gasteiger partial charge on any atom is 0.209 e. The zero-order valence-corrected chi connectivity index (χ0v) is 19.0. The molecule has 2 nitrogen and oxygen atoms in total. The Balaban J connectivity index is 1.79. The number of fused-ring (bicyclic) bond motifs is 1. The van der Waals surface area contributed by atoms with Crippen LogP contribution in [0.5, 0.6) is 0 Å². The molecule has 0 spiro atoms. The average Bonchev–Trinajstić information content (AvgIpc) is 3.01. The Morgan fingerprint density at radius 2 is 1.70 bits per heavy atom. The fraction of sp³-hybridized carbons (Fsp3) is 0.464. The lowest BCUT2D eigenvalue weighted by Crippen LogP contribution is -2.35. The standard InChI is InChI=1S/C28H37N2/c1-4-29(3)20-19-27-28(2,21-23-13-7-5-8-14-23)25-17-11-12-18-26(25)30(27)22-24-15-9-6-10-16-24/h5,7-8,11-14,17-20,24H,4,6,9-10,15-16,21-22H2,1-3H3/q+1. The highest BCUT2D eigenvalue weighted by Crippen LogP contribution is 2.43. The molecule has 0 saturated heterocycles. The van der Waals surface area contributed by atoms with Crippen LogP contribution < -0.4 is 0 Å². The van der Waals surface area contributed by atoms with Crippen molar-refractivity contribution in [3.63, 3.8) is 0 Å². The molecule has 0 aromatic heterocycles. The van der Waals surface area contributed by atoms with E-state index in [4.69, 9.17) is 0 Å². The first-order chi connectivity index (χ1) is 14.6. The molecule has 2 heteroatoms. The molecule has 4 rings (SSSR count). The largest absolute Gasteiger partial charge is 0.381 e. The highest BCUT2D eigenvalue weighted by atomic mass is 15.1. The molecule has 2 aromatic rings. The minimum atomic E-state index is -0.0162. The van der Waals surface area contributed by atoms with Crippen molar-refractivity contribution in [3.8, 4) is 0 Å². The van der Waals surface area contributed by atoms with Gasteiger partial charge in [0.25, 0.3) is 0 Å². The summed E-state index contributed by atoms with van der Waals surface area (Å²) in [5, 5.41) is 0. The first-order valence-electron chi connectivity index (χ1n) is 11.8. The summed E-state index contributed by atoms with van der Waals surface area (Å²) in [6.45, 7) is 6.83. The highest BCUT2D eigenvalue weighted by molar-refractivity contribution is 6.03. The van der Waals surface area contributed by atoms with Crippen molar-refractivity contribution < 1.29 is 4.58 Å². The van der Waals surface area contributed by atoms with Gasteiger partial charge < -0.3 is 4.90 Å². The molecule has 2 aromatic carbocycles. The summed E-state index contributed by atoms with van der Waals surface area (Å²) in [4.78, 5) is 2.28. The molecule has 1 heterocycles. The van der Waals surface area contributed by atoms with E-state index in [9.17, 15) is 0 Å². The van der Waals surface area contributed by atoms with E-state index in [1.54, 1.807) is 0 Å². The van der Waals surface area contributed by atoms with E-state index >= 15 is 0 Å². The summed E-state index contributed by atoms with van der Waals surface area (Å²) in [6, 6.07) is 20.1. The van der Waals surface area contributed by atoms with Crippen molar-refractivity contribution in [2.45, 2.75) is 57.8 Å². The van der Waals surface area contributed by atoms with Gasteiger partial charge in [-0.25, -0.2) is 0 Å². The van der Waals surface area contributed by atoms with Crippen molar-refractivity contribution in [1.82, 2.24) is 4.90 Å². The molecular formula is C28H37N2+. The molecule has 1 fully saturated rings. The van der Waals surface area contributed by atoms with Crippen LogP contribution in [0.2, 0.25) is 0 Å². The Labute approximate surface area is 182 Å². The maximum atomic E-state index is 2.66. The normalized spacial score (nSPS) is 22.0. The van der Waals surface area contributed by atoms with Crippen molar-refractivity contribution in [2.24, 2.45) is 5.92 Å². The van der Waals surface area contributed by atoms with E-state index in [0.717, 1.165) is 25.4 Å². The zero-order valence-electron chi connectivity index (χ0n) is 19.0. The predicted molar refractivity (Wildman–Crippen MR) is 128 cm³/mol. The summed E-state index contributed by atoms with van der Waals surface area (Å²) in [5.41, 5.74) is 5.74. The van der Waals surface area contributed by atoms with E-state index in [1.807, 2.05) is 0 Å². The fourth-order valence-electron chi connectivity index (χ4n) is 5.33. The summed E-state index contributed by atoms with van der Waals surface area (Å²) >= 11 is 0. The quantitative estimate of drug-likeness (QED) is 0.491. The van der Waals surface area contributed by atoms with Gasteiger partial charge in [-0.05, 0) is 38.7 Å². The minimum Gasteiger partial charge on any atom is -0.381 e. The van der Waals surface area contributed by atoms with Gasteiger partial charge in [-0.1, -0.05) is 67.8 Å². The SMILES string of the molecule is CCN(C)/C=C/C1=[N+](CC2CCCCC2)c2ccccc2C1(C)Cc1ccccc1. The Kier molecular flexibility index (Phi) is 6.41. The molecule has 1 unspecified atom stereocenters. The highest BCUT2D eigenvalue weighted by Gasteiger charge is 2.48. The summed E-state index contributed by atoms with van der Waals surface area (Å²) in [7, 11) is 2.17. The third-order valence-electron chi connectivity index (χ3n) is 7.20. The van der Waals surface area contributed by atoms with Crippen LogP contribution in [0.25, 0.3) is 0 Å². The monoisotopic (exact) mass is 401 g/mol. The fourth-order valence-corrected chi connectivity index (χ4v) is 5.33. The second kappa shape index (κ2) is 9.20. The third kappa shape index (κ3) is 4.24. The molecule has 2 aliphatic rings. The topological polar surface area (TPSA) is 6.25 Å². The molecular weight excluding hydrogens is 364 g/mol. The molecule has 1 atom stereocenters. The van der Waals surface area contributed by atoms with Crippen molar-refractivity contribution in [1.29, 1.82) is 0 Å². The third-order valence-corrected chi connectivity index (χ3v) is 7.20. The molecule has 0 bridgehead atoms. The van der Waals surface area contributed by atoms with Gasteiger partial charge in [0.1, 0.15) is 0 Å². The van der Waals surface area contributed by atoms with Crippen LogP contribution in [0.1, 0.15) is 57.1 Å². The van der Waals surface area contributed by atoms with Crippen molar-refractivity contribution in [3.05, 3.63) is 78.0 Å². The molecule has 158 valence electrons. The van der Waals surface area contributed by atoms with Crippen LogP contribution in [-0.2, 0) is 11.8 Å². The van der Waals surface area contributed by atoms with Crippen LogP contribution in [0, 0.1) is 5.92 Å². The predicted octanol–water partition coefficient (Wildman–Crippen LogP) is 6.33. The van der Waals surface area contributed by atoms with Crippen molar-refractivity contribution in [2.75, 3.05) is 20.1 Å². The second-order valence-corrected chi connectivity index (χ2v) is 9.40. The van der Waals surface area contributed by atoms with Gasteiger partial charge in [-0.15, -0.1) is 0 Å². The molecule has 1 aliphatic carbocycles. The number of rotatable bonds is 7. The van der Waals surface area contributed by atoms with Crippen LogP contribution in [0.15, 0.2) is 66.9 Å². The Bertz CT molecular complexity index is 905. The number of para-hydroxylation sites is 1. The van der Waals surface area contributed by atoms with Gasteiger partial charge in [0.15, 0.2) is 12.3 Å². The Hall–Kier alpha value is -2.35.